The molecular weight excluding hydrogens is 173 g/mol. The highest BCUT2D eigenvalue weighted by Crippen LogP contribution is 2.15. The van der Waals surface area contributed by atoms with E-state index in [0.717, 1.165) is 0 Å². The summed E-state index contributed by atoms with van der Waals surface area (Å²) in [4.78, 5) is 0. The van der Waals surface area contributed by atoms with Crippen LogP contribution in [0.3, 0.4) is 0 Å². The van der Waals surface area contributed by atoms with Crippen molar-refractivity contribution in [3.63, 3.8) is 0 Å². The Bertz CT molecular complexity index is 286. The average Bonchev–Trinajstić information content (AvgIpc) is 2.03. The molecule has 0 aliphatic carbocycles. The highest BCUT2D eigenvalue weighted by atomic mass is 32.2. The van der Waals surface area contributed by atoms with Crippen LogP contribution in [0.15, 0.2) is 24.3 Å². The SMILES string of the molecule is CC(=N)SCc1ccccc1F. The second kappa shape index (κ2) is 4.26. The minimum Gasteiger partial charge on any atom is -0.299 e. The van der Waals surface area contributed by atoms with Gasteiger partial charge in [0.15, 0.2) is 0 Å². The van der Waals surface area contributed by atoms with Crippen LogP contribution in [-0.4, -0.2) is 5.04 Å². The topological polar surface area (TPSA) is 23.9 Å². The van der Waals surface area contributed by atoms with Crippen molar-refractivity contribution in [2.45, 2.75) is 12.7 Å². The van der Waals surface area contributed by atoms with Crippen LogP contribution in [0.4, 0.5) is 4.39 Å². The Kier molecular flexibility index (Phi) is 3.29. The van der Waals surface area contributed by atoms with Gasteiger partial charge >= 0.3 is 0 Å². The molecule has 0 heterocycles. The normalized spacial score (nSPS) is 9.83. The first kappa shape index (κ1) is 9.26. The summed E-state index contributed by atoms with van der Waals surface area (Å²) in [5, 5.41) is 7.67. The van der Waals surface area contributed by atoms with Gasteiger partial charge in [-0.2, -0.15) is 0 Å². The molecule has 0 saturated carbocycles. The summed E-state index contributed by atoms with van der Waals surface area (Å²) in [6, 6.07) is 6.65. The number of hydrogen-bond donors (Lipinski definition) is 1. The Morgan fingerprint density at radius 1 is 1.50 bits per heavy atom. The van der Waals surface area contributed by atoms with Crippen molar-refractivity contribution in [2.24, 2.45) is 0 Å². The second-order valence-electron chi connectivity index (χ2n) is 2.44. The van der Waals surface area contributed by atoms with Crippen LogP contribution in [0.5, 0.6) is 0 Å². The van der Waals surface area contributed by atoms with Gasteiger partial charge in [0.1, 0.15) is 5.82 Å². The first-order valence-electron chi connectivity index (χ1n) is 3.61. The van der Waals surface area contributed by atoms with Gasteiger partial charge in [-0.15, -0.1) is 11.8 Å². The van der Waals surface area contributed by atoms with E-state index in [2.05, 4.69) is 0 Å². The lowest BCUT2D eigenvalue weighted by molar-refractivity contribution is 0.617. The fourth-order valence-corrected chi connectivity index (χ4v) is 1.41. The summed E-state index contributed by atoms with van der Waals surface area (Å²) in [5.41, 5.74) is 0.661. The minimum absolute atomic E-state index is 0.189. The molecule has 1 aromatic carbocycles. The molecule has 0 bridgehead atoms. The van der Waals surface area contributed by atoms with Crippen molar-refractivity contribution in [3.8, 4) is 0 Å². The highest BCUT2D eigenvalue weighted by Gasteiger charge is 2.00. The molecule has 0 atom stereocenters. The molecule has 12 heavy (non-hydrogen) atoms. The maximum Gasteiger partial charge on any atom is 0.127 e. The Balaban J connectivity index is 2.63. The second-order valence-corrected chi connectivity index (χ2v) is 3.63. The van der Waals surface area contributed by atoms with Crippen molar-refractivity contribution in [2.75, 3.05) is 0 Å². The van der Waals surface area contributed by atoms with Crippen LogP contribution >= 0.6 is 11.8 Å². The number of benzene rings is 1. The molecule has 0 spiro atoms. The zero-order valence-corrected chi connectivity index (χ0v) is 7.62. The van der Waals surface area contributed by atoms with Crippen LogP contribution in [0.25, 0.3) is 0 Å². The van der Waals surface area contributed by atoms with Gasteiger partial charge in [-0.05, 0) is 18.6 Å². The molecule has 0 aromatic heterocycles. The zero-order valence-electron chi connectivity index (χ0n) is 6.80. The Morgan fingerprint density at radius 3 is 2.75 bits per heavy atom. The van der Waals surface area contributed by atoms with Crippen molar-refractivity contribution >= 4 is 16.8 Å². The van der Waals surface area contributed by atoms with Crippen LogP contribution in [0, 0.1) is 11.2 Å². The first-order chi connectivity index (χ1) is 5.70. The van der Waals surface area contributed by atoms with E-state index in [0.29, 0.717) is 16.4 Å². The summed E-state index contributed by atoms with van der Waals surface area (Å²) >= 11 is 1.34. The monoisotopic (exact) mass is 183 g/mol. The quantitative estimate of drug-likeness (QED) is 0.553. The molecule has 0 aliphatic heterocycles. The van der Waals surface area contributed by atoms with E-state index in [9.17, 15) is 4.39 Å². The van der Waals surface area contributed by atoms with E-state index in [1.807, 2.05) is 0 Å². The molecule has 0 aliphatic rings. The number of nitrogens with one attached hydrogen (secondary N) is 1. The third kappa shape index (κ3) is 2.66. The van der Waals surface area contributed by atoms with Crippen LogP contribution < -0.4 is 0 Å². The smallest absolute Gasteiger partial charge is 0.127 e. The van der Waals surface area contributed by atoms with E-state index in [-0.39, 0.29) is 5.82 Å². The van der Waals surface area contributed by atoms with Gasteiger partial charge in [0, 0.05) is 5.75 Å². The van der Waals surface area contributed by atoms with Gasteiger partial charge in [0.2, 0.25) is 0 Å². The van der Waals surface area contributed by atoms with E-state index in [1.54, 1.807) is 25.1 Å². The third-order valence-electron chi connectivity index (χ3n) is 1.40. The third-order valence-corrected chi connectivity index (χ3v) is 2.29. The Labute approximate surface area is 75.5 Å². The number of halogens is 1. The predicted octanol–water partition coefficient (Wildman–Crippen LogP) is 3.06. The highest BCUT2D eigenvalue weighted by molar-refractivity contribution is 8.13. The molecule has 1 aromatic rings. The zero-order chi connectivity index (χ0) is 8.97. The Hall–Kier alpha value is -0.830. The summed E-state index contributed by atoms with van der Waals surface area (Å²) in [6.45, 7) is 1.70. The van der Waals surface area contributed by atoms with Gasteiger partial charge < -0.3 is 0 Å². The maximum atomic E-state index is 13.0. The van der Waals surface area contributed by atoms with Crippen LogP contribution in [-0.2, 0) is 5.75 Å². The fourth-order valence-electron chi connectivity index (χ4n) is 0.801. The average molecular weight is 183 g/mol. The molecule has 0 fully saturated rings. The molecular formula is C9H10FNS. The number of hydrogen-bond acceptors (Lipinski definition) is 2. The standard InChI is InChI=1S/C9H10FNS/c1-7(11)12-6-8-4-2-3-5-9(8)10/h2-5,11H,6H2,1H3. The van der Waals surface area contributed by atoms with Crippen LogP contribution in [0.2, 0.25) is 0 Å². The minimum atomic E-state index is -0.189. The van der Waals surface area contributed by atoms with Crippen molar-refractivity contribution in [1.29, 1.82) is 5.41 Å². The van der Waals surface area contributed by atoms with Gasteiger partial charge in [0.05, 0.1) is 5.04 Å². The lowest BCUT2D eigenvalue weighted by Crippen LogP contribution is -1.88. The van der Waals surface area contributed by atoms with Crippen molar-refractivity contribution in [3.05, 3.63) is 35.6 Å². The summed E-state index contributed by atoms with van der Waals surface area (Å²) < 4.78 is 13.0. The molecule has 0 amide bonds. The molecule has 3 heteroatoms. The molecule has 1 rings (SSSR count). The fraction of sp³-hybridized carbons (Fsp3) is 0.222. The maximum absolute atomic E-state index is 13.0. The van der Waals surface area contributed by atoms with Crippen molar-refractivity contribution in [1.82, 2.24) is 0 Å². The largest absolute Gasteiger partial charge is 0.299 e. The first-order valence-corrected chi connectivity index (χ1v) is 4.60. The molecule has 1 N–H and O–H groups in total. The molecule has 64 valence electrons. The molecule has 1 nitrogen and oxygen atoms in total. The van der Waals surface area contributed by atoms with Gasteiger partial charge in [-0.3, -0.25) is 5.41 Å². The molecule has 0 saturated heterocycles. The summed E-state index contributed by atoms with van der Waals surface area (Å²) in [5.74, 6) is 0.355. The van der Waals surface area contributed by atoms with E-state index < -0.39 is 0 Å². The van der Waals surface area contributed by atoms with E-state index in [4.69, 9.17) is 5.41 Å². The van der Waals surface area contributed by atoms with Gasteiger partial charge in [-0.1, -0.05) is 18.2 Å². The number of thioether (sulfide) groups is 1. The molecule has 0 radical (unpaired) electrons. The van der Waals surface area contributed by atoms with Crippen LogP contribution in [0.1, 0.15) is 12.5 Å². The summed E-state index contributed by atoms with van der Waals surface area (Å²) in [7, 11) is 0. The van der Waals surface area contributed by atoms with Gasteiger partial charge in [0.25, 0.3) is 0 Å². The lowest BCUT2D eigenvalue weighted by Gasteiger charge is -2.00. The van der Waals surface area contributed by atoms with E-state index >= 15 is 0 Å². The van der Waals surface area contributed by atoms with Crippen molar-refractivity contribution < 1.29 is 4.39 Å². The Morgan fingerprint density at radius 2 is 2.17 bits per heavy atom. The lowest BCUT2D eigenvalue weighted by atomic mass is 10.2. The summed E-state index contributed by atoms with van der Waals surface area (Å²) in [6.07, 6.45) is 0. The van der Waals surface area contributed by atoms with E-state index in [1.165, 1.54) is 17.8 Å². The predicted molar refractivity (Wildman–Crippen MR) is 51.1 cm³/mol. The number of rotatable bonds is 2. The van der Waals surface area contributed by atoms with Gasteiger partial charge in [-0.25, -0.2) is 4.39 Å². The molecule has 0 unspecified atom stereocenters.